The number of carboxylic acid groups (broad SMARTS) is 1. The first-order valence-corrected chi connectivity index (χ1v) is 8.05. The van der Waals surface area contributed by atoms with E-state index in [2.05, 4.69) is 14.5 Å². The quantitative estimate of drug-likeness (QED) is 0.348. The number of hydrogen-bond acceptors (Lipinski definition) is 6. The number of non-ortho nitro benzene ring substituents is 1. The van der Waals surface area contributed by atoms with Crippen molar-refractivity contribution in [1.29, 1.82) is 0 Å². The van der Waals surface area contributed by atoms with Crippen molar-refractivity contribution in [2.45, 2.75) is 12.4 Å². The highest BCUT2D eigenvalue weighted by Crippen LogP contribution is 2.36. The third-order valence-electron chi connectivity index (χ3n) is 3.38. The number of pyridine rings is 1. The van der Waals surface area contributed by atoms with Gasteiger partial charge in [-0.15, -0.1) is 0 Å². The summed E-state index contributed by atoms with van der Waals surface area (Å²) in [5, 5.41) is 20.1. The first kappa shape index (κ1) is 24.4. The van der Waals surface area contributed by atoms with Crippen LogP contribution in [0.3, 0.4) is 0 Å². The molecule has 1 N–H and O–H groups in total. The van der Waals surface area contributed by atoms with Crippen LogP contribution in [-0.4, -0.2) is 46.7 Å². The second kappa shape index (κ2) is 9.11. The molecule has 0 aliphatic heterocycles. The fraction of sp³-hybridized carbons (Fsp3) is 0.250. The van der Waals surface area contributed by atoms with Crippen molar-refractivity contribution in [2.24, 2.45) is 0 Å². The zero-order valence-electron chi connectivity index (χ0n) is 15.3. The maximum atomic E-state index is 14.8. The van der Waals surface area contributed by atoms with Gasteiger partial charge < -0.3 is 14.6 Å². The lowest BCUT2D eigenvalue weighted by molar-refractivity contribution is -0.384. The smallest absolute Gasteiger partial charge is 0.422 e. The first-order valence-electron chi connectivity index (χ1n) is 8.05. The minimum Gasteiger partial charge on any atom is -0.481 e. The summed E-state index contributed by atoms with van der Waals surface area (Å²) in [4.78, 5) is 24.9. The van der Waals surface area contributed by atoms with E-state index in [4.69, 9.17) is 0 Å². The van der Waals surface area contributed by atoms with Crippen molar-refractivity contribution in [3.63, 3.8) is 0 Å². The number of anilines is 2. The van der Waals surface area contributed by atoms with Crippen molar-refractivity contribution in [3.05, 3.63) is 46.3 Å². The number of amides is 1. The van der Waals surface area contributed by atoms with E-state index in [0.29, 0.717) is 0 Å². The maximum absolute atomic E-state index is 14.8. The second-order valence-electron chi connectivity index (χ2n) is 5.80. The number of carbonyl (C=O) groups is 1. The fourth-order valence-electron chi connectivity index (χ4n) is 2.16. The molecule has 0 saturated carbocycles. The lowest BCUT2D eigenvalue weighted by Crippen LogP contribution is -2.27. The van der Waals surface area contributed by atoms with Crippen LogP contribution in [-0.2, 0) is 0 Å². The van der Waals surface area contributed by atoms with E-state index in [1.807, 2.05) is 0 Å². The van der Waals surface area contributed by atoms with Crippen LogP contribution in [0.25, 0.3) is 0 Å². The average molecular weight is 473 g/mol. The number of nitrogens with zero attached hydrogens (tertiary/aromatic N) is 3. The van der Waals surface area contributed by atoms with Gasteiger partial charge in [-0.1, -0.05) is 0 Å². The Hall–Kier alpha value is -3.85. The molecule has 0 fully saturated rings. The number of benzene rings is 1. The van der Waals surface area contributed by atoms with Crippen molar-refractivity contribution < 1.29 is 55.0 Å². The van der Waals surface area contributed by atoms with Gasteiger partial charge in [-0.25, -0.2) is 9.69 Å². The van der Waals surface area contributed by atoms with Gasteiger partial charge in [-0.05, 0) is 12.1 Å². The number of halogens is 7. The minimum atomic E-state index is -4.96. The van der Waals surface area contributed by atoms with Gasteiger partial charge in [0.1, 0.15) is 0 Å². The molecule has 1 aromatic carbocycles. The van der Waals surface area contributed by atoms with Crippen molar-refractivity contribution in [3.8, 4) is 11.6 Å². The molecule has 1 amide bonds. The summed E-state index contributed by atoms with van der Waals surface area (Å²) in [6.45, 7) is -4.04. The first-order chi connectivity index (χ1) is 14.7. The molecule has 1 heterocycles. The van der Waals surface area contributed by atoms with E-state index in [0.717, 1.165) is 24.3 Å². The van der Waals surface area contributed by atoms with Crippen LogP contribution in [0, 0.1) is 15.9 Å². The molecule has 0 spiro atoms. The highest BCUT2D eigenvalue weighted by atomic mass is 19.4. The molecule has 2 aromatic rings. The van der Waals surface area contributed by atoms with E-state index < -0.39 is 71.2 Å². The Morgan fingerprint density at radius 2 is 1.59 bits per heavy atom. The van der Waals surface area contributed by atoms with Crippen molar-refractivity contribution >= 4 is 23.3 Å². The number of alkyl halides is 6. The van der Waals surface area contributed by atoms with Gasteiger partial charge in [0.15, 0.2) is 24.8 Å². The Balaban J connectivity index is 2.57. The summed E-state index contributed by atoms with van der Waals surface area (Å²) in [6.07, 6.45) is -11.8. The van der Waals surface area contributed by atoms with Gasteiger partial charge in [-0.3, -0.25) is 10.1 Å². The Labute approximate surface area is 172 Å². The van der Waals surface area contributed by atoms with Gasteiger partial charge in [0, 0.05) is 18.2 Å². The zero-order chi connectivity index (χ0) is 24.3. The Kier molecular flexibility index (Phi) is 6.95. The monoisotopic (exact) mass is 473 g/mol. The van der Waals surface area contributed by atoms with Gasteiger partial charge in [0.25, 0.3) is 5.69 Å². The molecule has 2 rings (SSSR count). The lowest BCUT2D eigenvalue weighted by atomic mass is 10.2. The fourth-order valence-corrected chi connectivity index (χ4v) is 2.16. The van der Waals surface area contributed by atoms with Crippen LogP contribution in [0.2, 0.25) is 0 Å². The molecule has 1 aromatic heterocycles. The van der Waals surface area contributed by atoms with Crippen LogP contribution in [0.4, 0.5) is 52.7 Å². The van der Waals surface area contributed by atoms with Gasteiger partial charge in [0.05, 0.1) is 10.6 Å². The topological polar surface area (TPSA) is 115 Å². The van der Waals surface area contributed by atoms with Gasteiger partial charge >= 0.3 is 18.4 Å². The van der Waals surface area contributed by atoms with E-state index in [9.17, 15) is 50.7 Å². The highest BCUT2D eigenvalue weighted by molar-refractivity contribution is 5.94. The summed E-state index contributed by atoms with van der Waals surface area (Å²) in [6, 6.07) is 3.62. The second-order valence-corrected chi connectivity index (χ2v) is 5.80. The summed E-state index contributed by atoms with van der Waals surface area (Å²) in [5.74, 6) is -5.45. The molecular weight excluding hydrogens is 463 g/mol. The SMILES string of the molecule is O=C(O)N(c1ccc([N+](=O)[O-])cc1)c1nc(OCC(F)(F)F)cc(OCC(F)(F)F)c1F. The molecule has 0 radical (unpaired) electrons. The van der Waals surface area contributed by atoms with Crippen LogP contribution in [0.15, 0.2) is 30.3 Å². The standard InChI is InChI=1S/C16H10F7N3O6/c17-12-10(31-6-15(18,19)20)5-11(32-7-16(21,22)23)24-13(12)25(14(27)28)8-1-3-9(4-2-8)26(29)30/h1-5H,6-7H2,(H,27,28). The van der Waals surface area contributed by atoms with E-state index in [-0.39, 0.29) is 11.0 Å². The Morgan fingerprint density at radius 1 is 1.06 bits per heavy atom. The normalized spacial score (nSPS) is 11.7. The molecule has 9 nitrogen and oxygen atoms in total. The molecule has 0 bridgehead atoms. The summed E-state index contributed by atoms with van der Waals surface area (Å²) in [5.41, 5.74) is -0.951. The molecular formula is C16H10F7N3O6. The van der Waals surface area contributed by atoms with Gasteiger partial charge in [-0.2, -0.15) is 35.7 Å². The number of ether oxygens (including phenoxy) is 2. The predicted octanol–water partition coefficient (Wildman–Crippen LogP) is 4.83. The molecule has 0 atom stereocenters. The van der Waals surface area contributed by atoms with E-state index >= 15 is 0 Å². The van der Waals surface area contributed by atoms with Crippen LogP contribution in [0.1, 0.15) is 0 Å². The number of nitro benzene ring substituents is 1. The van der Waals surface area contributed by atoms with E-state index in [1.54, 1.807) is 0 Å². The molecule has 174 valence electrons. The number of rotatable bonds is 7. The Bertz CT molecular complexity index is 995. The molecule has 32 heavy (non-hydrogen) atoms. The molecule has 0 saturated heterocycles. The largest absolute Gasteiger partial charge is 0.481 e. The maximum Gasteiger partial charge on any atom is 0.422 e. The van der Waals surface area contributed by atoms with E-state index in [1.165, 1.54) is 0 Å². The lowest BCUT2D eigenvalue weighted by Gasteiger charge is -2.21. The Morgan fingerprint density at radius 3 is 2.06 bits per heavy atom. The molecule has 0 unspecified atom stereocenters. The molecule has 16 heteroatoms. The number of nitro groups is 1. The third kappa shape index (κ3) is 6.58. The number of hydrogen-bond donors (Lipinski definition) is 1. The molecule has 0 aliphatic rings. The summed E-state index contributed by atoms with van der Waals surface area (Å²) in [7, 11) is 0. The number of aromatic nitrogens is 1. The van der Waals surface area contributed by atoms with Crippen molar-refractivity contribution in [1.82, 2.24) is 4.98 Å². The van der Waals surface area contributed by atoms with Crippen LogP contribution < -0.4 is 14.4 Å². The third-order valence-corrected chi connectivity index (χ3v) is 3.38. The zero-order valence-corrected chi connectivity index (χ0v) is 15.3. The summed E-state index contributed by atoms with van der Waals surface area (Å²) < 4.78 is 97.8. The van der Waals surface area contributed by atoms with Crippen LogP contribution in [0.5, 0.6) is 11.6 Å². The minimum absolute atomic E-state index is 0.0277. The van der Waals surface area contributed by atoms with Crippen LogP contribution >= 0.6 is 0 Å². The predicted molar refractivity (Wildman–Crippen MR) is 90.6 cm³/mol. The van der Waals surface area contributed by atoms with Gasteiger partial charge in [0.2, 0.25) is 11.7 Å². The average Bonchev–Trinajstić information content (AvgIpc) is 2.66. The highest BCUT2D eigenvalue weighted by Gasteiger charge is 2.33. The summed E-state index contributed by atoms with van der Waals surface area (Å²) >= 11 is 0. The van der Waals surface area contributed by atoms with Crippen molar-refractivity contribution in [2.75, 3.05) is 18.1 Å². The molecule has 0 aliphatic carbocycles.